The Labute approximate surface area is 106 Å². The van der Waals surface area contributed by atoms with Crippen LogP contribution in [0.25, 0.3) is 0 Å². The Kier molecular flexibility index (Phi) is 5.18. The molecule has 0 N–H and O–H groups in total. The number of carbonyl (C=O) groups excluding carboxylic acids is 1. The van der Waals surface area contributed by atoms with Gasteiger partial charge in [0, 0.05) is 26.1 Å². The summed E-state index contributed by atoms with van der Waals surface area (Å²) >= 11 is 0. The summed E-state index contributed by atoms with van der Waals surface area (Å²) in [5.41, 5.74) is 0.116. The lowest BCUT2D eigenvalue weighted by atomic mass is 9.78. The van der Waals surface area contributed by atoms with Crippen LogP contribution in [0.3, 0.4) is 0 Å². The zero-order valence-corrected chi connectivity index (χ0v) is 12.1. The van der Waals surface area contributed by atoms with Crippen molar-refractivity contribution in [2.24, 2.45) is 23.2 Å². The summed E-state index contributed by atoms with van der Waals surface area (Å²) in [6.07, 6.45) is 4.16. The average molecular weight is 240 g/mol. The van der Waals surface area contributed by atoms with Gasteiger partial charge < -0.3 is 4.74 Å². The monoisotopic (exact) mass is 240 g/mol. The van der Waals surface area contributed by atoms with Crippen LogP contribution in [0.5, 0.6) is 0 Å². The Morgan fingerprint density at radius 1 is 1.29 bits per heavy atom. The molecule has 0 saturated heterocycles. The van der Waals surface area contributed by atoms with Crippen LogP contribution < -0.4 is 0 Å². The van der Waals surface area contributed by atoms with Gasteiger partial charge in [-0.1, -0.05) is 27.7 Å². The van der Waals surface area contributed by atoms with E-state index in [9.17, 15) is 4.79 Å². The van der Waals surface area contributed by atoms with Crippen molar-refractivity contribution in [2.45, 2.75) is 53.4 Å². The molecule has 0 aromatic carbocycles. The molecule has 17 heavy (non-hydrogen) atoms. The smallest absolute Gasteiger partial charge is 0.137 e. The number of ether oxygens (including phenoxy) is 1. The van der Waals surface area contributed by atoms with Crippen LogP contribution in [0.15, 0.2) is 0 Å². The number of Topliss-reactive ketones (excluding diaryl/α,β-unsaturated/α-hetero) is 1. The summed E-state index contributed by atoms with van der Waals surface area (Å²) < 4.78 is 5.16. The van der Waals surface area contributed by atoms with Gasteiger partial charge >= 0.3 is 0 Å². The number of methoxy groups -OCH3 is 1. The lowest BCUT2D eigenvalue weighted by molar-refractivity contribution is -0.127. The predicted octanol–water partition coefficient (Wildman–Crippen LogP) is 3.69. The standard InChI is InChI=1S/C15H28O2/c1-11-6-7-12(8-9-17-5)14(11)13(16)10-15(2,3)4/h11-12,14H,6-10H2,1-5H3. The largest absolute Gasteiger partial charge is 0.385 e. The predicted molar refractivity (Wildman–Crippen MR) is 71.0 cm³/mol. The highest BCUT2D eigenvalue weighted by atomic mass is 16.5. The van der Waals surface area contributed by atoms with Gasteiger partial charge in [0.15, 0.2) is 0 Å². The third-order valence-electron chi connectivity index (χ3n) is 3.88. The first-order valence-corrected chi connectivity index (χ1v) is 6.87. The Hall–Kier alpha value is -0.370. The molecule has 1 aliphatic carbocycles. The van der Waals surface area contributed by atoms with Crippen molar-refractivity contribution in [3.8, 4) is 0 Å². The second-order valence-corrected chi connectivity index (χ2v) is 6.83. The second kappa shape index (κ2) is 5.99. The molecule has 0 spiro atoms. The van der Waals surface area contributed by atoms with Crippen molar-refractivity contribution in [1.82, 2.24) is 0 Å². The van der Waals surface area contributed by atoms with E-state index in [-0.39, 0.29) is 11.3 Å². The molecule has 3 atom stereocenters. The Bertz CT molecular complexity index is 252. The molecule has 0 aliphatic heterocycles. The van der Waals surface area contributed by atoms with Crippen molar-refractivity contribution in [3.05, 3.63) is 0 Å². The maximum Gasteiger partial charge on any atom is 0.137 e. The average Bonchev–Trinajstić information content (AvgIpc) is 2.54. The molecule has 0 heterocycles. The van der Waals surface area contributed by atoms with E-state index in [1.165, 1.54) is 12.8 Å². The van der Waals surface area contributed by atoms with Crippen molar-refractivity contribution < 1.29 is 9.53 Å². The number of ketones is 1. The van der Waals surface area contributed by atoms with Crippen LogP contribution in [-0.4, -0.2) is 19.5 Å². The van der Waals surface area contributed by atoms with Crippen LogP contribution in [0.1, 0.15) is 53.4 Å². The van der Waals surface area contributed by atoms with E-state index in [0.717, 1.165) is 13.0 Å². The first-order chi connectivity index (χ1) is 7.85. The molecule has 3 unspecified atom stereocenters. The van der Waals surface area contributed by atoms with Gasteiger partial charge in [-0.15, -0.1) is 0 Å². The lowest BCUT2D eigenvalue weighted by Crippen LogP contribution is -2.27. The Balaban J connectivity index is 2.60. The highest BCUT2D eigenvalue weighted by Gasteiger charge is 2.38. The molecule has 0 bridgehead atoms. The summed E-state index contributed by atoms with van der Waals surface area (Å²) in [4.78, 5) is 12.4. The molecular weight excluding hydrogens is 212 g/mol. The quantitative estimate of drug-likeness (QED) is 0.732. The molecule has 100 valence electrons. The minimum Gasteiger partial charge on any atom is -0.385 e. The second-order valence-electron chi connectivity index (χ2n) is 6.83. The molecule has 0 radical (unpaired) electrons. The Morgan fingerprint density at radius 3 is 2.47 bits per heavy atom. The van der Waals surface area contributed by atoms with Crippen LogP contribution in [0.2, 0.25) is 0 Å². The van der Waals surface area contributed by atoms with E-state index in [0.29, 0.717) is 24.0 Å². The van der Waals surface area contributed by atoms with Crippen molar-refractivity contribution in [1.29, 1.82) is 0 Å². The minimum absolute atomic E-state index is 0.116. The van der Waals surface area contributed by atoms with E-state index in [2.05, 4.69) is 27.7 Å². The zero-order valence-electron chi connectivity index (χ0n) is 12.1. The van der Waals surface area contributed by atoms with Gasteiger partial charge in [0.05, 0.1) is 0 Å². The van der Waals surface area contributed by atoms with Gasteiger partial charge in [-0.3, -0.25) is 4.79 Å². The van der Waals surface area contributed by atoms with Gasteiger partial charge in [0.2, 0.25) is 0 Å². The molecule has 0 aromatic heterocycles. The first-order valence-electron chi connectivity index (χ1n) is 6.87. The highest BCUT2D eigenvalue weighted by molar-refractivity contribution is 5.82. The van der Waals surface area contributed by atoms with E-state index >= 15 is 0 Å². The molecule has 1 aliphatic rings. The van der Waals surface area contributed by atoms with Gasteiger partial charge in [-0.2, -0.15) is 0 Å². The molecule has 2 heteroatoms. The normalized spacial score (nSPS) is 29.6. The molecule has 1 saturated carbocycles. The van der Waals surface area contributed by atoms with Crippen molar-refractivity contribution in [2.75, 3.05) is 13.7 Å². The molecule has 0 amide bonds. The van der Waals surface area contributed by atoms with Gasteiger partial charge in [0.25, 0.3) is 0 Å². The zero-order chi connectivity index (χ0) is 13.1. The van der Waals surface area contributed by atoms with E-state index in [1.807, 2.05) is 0 Å². The minimum atomic E-state index is 0.116. The summed E-state index contributed by atoms with van der Waals surface area (Å²) in [7, 11) is 1.74. The third-order valence-corrected chi connectivity index (χ3v) is 3.88. The lowest BCUT2D eigenvalue weighted by Gasteiger charge is -2.25. The van der Waals surface area contributed by atoms with Gasteiger partial charge in [0.1, 0.15) is 5.78 Å². The topological polar surface area (TPSA) is 26.3 Å². The fourth-order valence-corrected chi connectivity index (χ4v) is 3.11. The van der Waals surface area contributed by atoms with Crippen LogP contribution in [0, 0.1) is 23.2 Å². The van der Waals surface area contributed by atoms with Gasteiger partial charge in [-0.25, -0.2) is 0 Å². The summed E-state index contributed by atoms with van der Waals surface area (Å²) in [5, 5.41) is 0. The summed E-state index contributed by atoms with van der Waals surface area (Å²) in [6.45, 7) is 9.47. The van der Waals surface area contributed by atoms with Crippen LogP contribution >= 0.6 is 0 Å². The molecular formula is C15H28O2. The number of rotatable bonds is 5. The number of hydrogen-bond donors (Lipinski definition) is 0. The SMILES string of the molecule is COCCC1CCC(C)C1C(=O)CC(C)(C)C. The van der Waals surface area contributed by atoms with E-state index < -0.39 is 0 Å². The summed E-state index contributed by atoms with van der Waals surface area (Å²) in [5.74, 6) is 1.87. The van der Waals surface area contributed by atoms with Crippen molar-refractivity contribution >= 4 is 5.78 Å². The number of hydrogen-bond acceptors (Lipinski definition) is 2. The van der Waals surface area contributed by atoms with Gasteiger partial charge in [-0.05, 0) is 36.5 Å². The fraction of sp³-hybridized carbons (Fsp3) is 0.933. The van der Waals surface area contributed by atoms with Crippen LogP contribution in [-0.2, 0) is 9.53 Å². The number of carbonyl (C=O) groups is 1. The molecule has 1 fully saturated rings. The first kappa shape index (κ1) is 14.7. The molecule has 1 rings (SSSR count). The third kappa shape index (κ3) is 4.42. The fourth-order valence-electron chi connectivity index (χ4n) is 3.11. The van der Waals surface area contributed by atoms with E-state index in [1.54, 1.807) is 7.11 Å². The Morgan fingerprint density at radius 2 is 1.94 bits per heavy atom. The van der Waals surface area contributed by atoms with E-state index in [4.69, 9.17) is 4.74 Å². The van der Waals surface area contributed by atoms with Crippen LogP contribution in [0.4, 0.5) is 0 Å². The summed E-state index contributed by atoms with van der Waals surface area (Å²) in [6, 6.07) is 0. The molecule has 0 aromatic rings. The van der Waals surface area contributed by atoms with Crippen molar-refractivity contribution in [3.63, 3.8) is 0 Å². The maximum absolute atomic E-state index is 12.4. The maximum atomic E-state index is 12.4. The molecule has 2 nitrogen and oxygen atoms in total. The highest BCUT2D eigenvalue weighted by Crippen LogP contribution is 2.41.